The van der Waals surface area contributed by atoms with Crippen molar-refractivity contribution in [3.05, 3.63) is 170 Å². The van der Waals surface area contributed by atoms with Gasteiger partial charge in [-0.1, -0.05) is 0 Å². The van der Waals surface area contributed by atoms with Crippen LogP contribution < -0.4 is 0 Å². The Kier molecular flexibility index (Phi) is 6.18. The van der Waals surface area contributed by atoms with E-state index in [1.54, 1.807) is 0 Å². The van der Waals surface area contributed by atoms with Crippen LogP contribution in [0, 0.1) is 5.82 Å². The van der Waals surface area contributed by atoms with Crippen LogP contribution in [0.3, 0.4) is 0 Å². The third-order valence-corrected chi connectivity index (χ3v) is 12.5. The molecule has 0 aliphatic carbocycles. The van der Waals surface area contributed by atoms with Crippen molar-refractivity contribution in [2.75, 3.05) is 0 Å². The molecule has 0 spiro atoms. The molecule has 0 atom stereocenters. The number of hydrogen-bond donors (Lipinski definition) is 0. The molecule has 1 heterocycles. The maximum absolute atomic E-state index is 15.8. The van der Waals surface area contributed by atoms with Crippen LogP contribution in [-0.4, -0.2) is 14.5 Å². The molecule has 0 unspecified atom stereocenters. The summed E-state index contributed by atoms with van der Waals surface area (Å²) in [7, 11) is 0. The summed E-state index contributed by atoms with van der Waals surface area (Å²) in [6.07, 6.45) is 0. The molecule has 48 heavy (non-hydrogen) atoms. The first-order valence-corrected chi connectivity index (χ1v) is 18.0. The van der Waals surface area contributed by atoms with E-state index in [1.165, 1.54) is 68.7 Å². The van der Waals surface area contributed by atoms with E-state index in [2.05, 4.69) is 127 Å². The monoisotopic (exact) mass is 678 g/mol. The minimum atomic E-state index is -0.145. The van der Waals surface area contributed by atoms with Gasteiger partial charge in [0.1, 0.15) is 0 Å². The Morgan fingerprint density at radius 1 is 0.333 bits per heavy atom. The van der Waals surface area contributed by atoms with Gasteiger partial charge < -0.3 is 0 Å². The molecule has 0 saturated heterocycles. The van der Waals surface area contributed by atoms with Gasteiger partial charge >= 0.3 is 284 Å². The Hall–Kier alpha value is -5.53. The molecule has 2 heteroatoms. The van der Waals surface area contributed by atoms with Gasteiger partial charge in [0.05, 0.1) is 0 Å². The van der Waals surface area contributed by atoms with Crippen molar-refractivity contribution in [1.29, 1.82) is 0 Å². The Morgan fingerprint density at radius 2 is 0.792 bits per heavy atom. The fourth-order valence-corrected chi connectivity index (χ4v) is 10.4. The summed E-state index contributed by atoms with van der Waals surface area (Å²) in [6.45, 7) is 0. The molecule has 0 aliphatic rings. The average Bonchev–Trinajstić information content (AvgIpc) is 3.53. The Balaban J connectivity index is 1.26. The van der Waals surface area contributed by atoms with E-state index < -0.39 is 0 Å². The summed E-state index contributed by atoms with van der Waals surface area (Å²) in [6, 6.07) is 58.1. The zero-order valence-corrected chi connectivity index (χ0v) is 27.6. The molecule has 224 valence electrons. The molecule has 0 nitrogen and oxygen atoms in total. The van der Waals surface area contributed by atoms with E-state index >= 15 is 4.39 Å². The quantitative estimate of drug-likeness (QED) is 0.129. The van der Waals surface area contributed by atoms with Gasteiger partial charge in [-0.05, 0) is 0 Å². The second-order valence-corrected chi connectivity index (χ2v) is 14.7. The summed E-state index contributed by atoms with van der Waals surface area (Å²) in [5, 5.41) is 10.9. The second kappa shape index (κ2) is 10.8. The molecular weight excluding hydrogens is 650 g/mol. The third-order valence-electron chi connectivity index (χ3n) is 9.91. The SMILES string of the molecule is Fc1c2ccccc2c(-c2cccc3c2[se]c2ccc(-c4c5ccccc5c(-c5ccccc5)c5ccccc45)cc23)c2ccccc12. The van der Waals surface area contributed by atoms with Gasteiger partial charge in [0.25, 0.3) is 0 Å². The average molecular weight is 678 g/mol. The Bertz CT molecular complexity index is 2780. The zero-order chi connectivity index (χ0) is 31.8. The fraction of sp³-hybridized carbons (Fsp3) is 0. The second-order valence-electron chi connectivity index (χ2n) is 12.5. The van der Waals surface area contributed by atoms with Crippen LogP contribution in [0.15, 0.2) is 164 Å². The van der Waals surface area contributed by atoms with Gasteiger partial charge in [-0.15, -0.1) is 0 Å². The van der Waals surface area contributed by atoms with Crippen molar-refractivity contribution in [3.8, 4) is 33.4 Å². The van der Waals surface area contributed by atoms with Gasteiger partial charge in [0.2, 0.25) is 0 Å². The van der Waals surface area contributed by atoms with Crippen molar-refractivity contribution in [1.82, 2.24) is 0 Å². The number of hydrogen-bond acceptors (Lipinski definition) is 0. The predicted octanol–water partition coefficient (Wildman–Crippen LogP) is 12.8. The van der Waals surface area contributed by atoms with Gasteiger partial charge in [0, 0.05) is 0 Å². The van der Waals surface area contributed by atoms with Crippen LogP contribution in [0.5, 0.6) is 0 Å². The number of halogens is 1. The molecule has 0 radical (unpaired) electrons. The van der Waals surface area contributed by atoms with Crippen LogP contribution in [0.25, 0.3) is 95.8 Å². The summed E-state index contributed by atoms with van der Waals surface area (Å²) in [5.74, 6) is -0.145. The predicted molar refractivity (Wildman–Crippen MR) is 205 cm³/mol. The molecule has 10 rings (SSSR count). The number of rotatable bonds is 3. The van der Waals surface area contributed by atoms with Crippen molar-refractivity contribution in [2.24, 2.45) is 0 Å². The van der Waals surface area contributed by atoms with Crippen LogP contribution in [0.1, 0.15) is 0 Å². The first-order chi connectivity index (χ1) is 23.8. The van der Waals surface area contributed by atoms with Gasteiger partial charge in [-0.3, -0.25) is 0 Å². The normalized spacial score (nSPS) is 11.9. The third kappa shape index (κ3) is 4.00. The van der Waals surface area contributed by atoms with Gasteiger partial charge in [-0.25, -0.2) is 0 Å². The van der Waals surface area contributed by atoms with Crippen molar-refractivity contribution < 1.29 is 4.39 Å². The standard InChI is InChI=1S/C46H27FSe/c47-45-36-21-10-8-19-34(36)44(35-20-9-11-22-37(35)45)39-24-12-23-38-40-27-29(25-26-41(40)48-46(38)39)43-32-17-6-4-15-30(32)42(28-13-2-1-3-14-28)31-16-5-7-18-33(31)43/h1-27H. The topological polar surface area (TPSA) is 0 Å². The van der Waals surface area contributed by atoms with Gasteiger partial charge in [0.15, 0.2) is 0 Å². The van der Waals surface area contributed by atoms with Crippen molar-refractivity contribution in [2.45, 2.75) is 0 Å². The maximum atomic E-state index is 15.8. The molecule has 9 aromatic carbocycles. The molecule has 0 amide bonds. The van der Waals surface area contributed by atoms with E-state index in [-0.39, 0.29) is 20.3 Å². The first kappa shape index (κ1) is 27.6. The van der Waals surface area contributed by atoms with E-state index in [9.17, 15) is 0 Å². The van der Waals surface area contributed by atoms with E-state index in [4.69, 9.17) is 0 Å². The van der Waals surface area contributed by atoms with E-state index in [0.717, 1.165) is 16.3 Å². The van der Waals surface area contributed by atoms with E-state index in [0.29, 0.717) is 10.8 Å². The zero-order valence-electron chi connectivity index (χ0n) is 25.9. The fourth-order valence-electron chi connectivity index (χ4n) is 7.87. The number of fused-ring (bicyclic) bond motifs is 7. The van der Waals surface area contributed by atoms with Crippen LogP contribution in [0.4, 0.5) is 4.39 Å². The summed E-state index contributed by atoms with van der Waals surface area (Å²) in [5.41, 5.74) is 7.35. The minimum absolute atomic E-state index is 0.109. The Morgan fingerprint density at radius 3 is 1.35 bits per heavy atom. The molecule has 0 fully saturated rings. The van der Waals surface area contributed by atoms with Gasteiger partial charge in [-0.2, -0.15) is 0 Å². The van der Waals surface area contributed by atoms with E-state index in [1.807, 2.05) is 36.4 Å². The summed E-state index contributed by atoms with van der Waals surface area (Å²) < 4.78 is 18.6. The molecule has 0 bridgehead atoms. The molecule has 0 N–H and O–H groups in total. The summed E-state index contributed by atoms with van der Waals surface area (Å²) in [4.78, 5) is 0. The van der Waals surface area contributed by atoms with Crippen molar-refractivity contribution in [3.63, 3.8) is 0 Å². The molecule has 10 aromatic rings. The first-order valence-electron chi connectivity index (χ1n) is 16.3. The van der Waals surface area contributed by atoms with Crippen molar-refractivity contribution >= 4 is 76.9 Å². The molecule has 0 aliphatic heterocycles. The molecule has 0 saturated carbocycles. The summed E-state index contributed by atoms with van der Waals surface area (Å²) >= 11 is 0.109. The molecule has 1 aromatic heterocycles. The van der Waals surface area contributed by atoms with Crippen LogP contribution >= 0.6 is 0 Å². The molecular formula is C46H27FSe. The Labute approximate surface area is 283 Å². The number of benzene rings is 9. The van der Waals surface area contributed by atoms with Crippen LogP contribution in [-0.2, 0) is 0 Å². The van der Waals surface area contributed by atoms with Crippen LogP contribution in [0.2, 0.25) is 0 Å².